The number of hydrogen-bond acceptors (Lipinski definition) is 6. The molecule has 7 heteroatoms. The summed E-state index contributed by atoms with van der Waals surface area (Å²) in [7, 11) is 0. The van der Waals surface area contributed by atoms with Gasteiger partial charge in [0, 0.05) is 40.8 Å². The number of aromatic nitrogens is 4. The molecule has 3 N–H and O–H groups in total. The SMILES string of the molecule is Nc1nc(-c2ccccc2)c(-c2ccc3ncccc3c2)nc1C(=O)NCc1cccc2cccnc12. The Bertz CT molecular complexity index is 1760. The van der Waals surface area contributed by atoms with Gasteiger partial charge in [0.25, 0.3) is 5.91 Å². The average molecular weight is 483 g/mol. The predicted molar refractivity (Wildman–Crippen MR) is 146 cm³/mol. The third-order valence-corrected chi connectivity index (χ3v) is 6.22. The fourth-order valence-electron chi connectivity index (χ4n) is 4.41. The number of amides is 1. The van der Waals surface area contributed by atoms with Crippen molar-refractivity contribution in [1.29, 1.82) is 0 Å². The Kier molecular flexibility index (Phi) is 5.71. The number of hydrogen-bond donors (Lipinski definition) is 2. The summed E-state index contributed by atoms with van der Waals surface area (Å²) in [4.78, 5) is 31.6. The molecule has 0 aliphatic heterocycles. The zero-order valence-corrected chi connectivity index (χ0v) is 19.8. The van der Waals surface area contributed by atoms with Crippen molar-refractivity contribution in [3.05, 3.63) is 115 Å². The van der Waals surface area contributed by atoms with Crippen LogP contribution in [0.4, 0.5) is 5.82 Å². The Morgan fingerprint density at radius 1 is 0.730 bits per heavy atom. The zero-order chi connectivity index (χ0) is 25.2. The van der Waals surface area contributed by atoms with Gasteiger partial charge in [-0.3, -0.25) is 14.8 Å². The van der Waals surface area contributed by atoms with Crippen LogP contribution in [0.3, 0.4) is 0 Å². The fraction of sp³-hybridized carbons (Fsp3) is 0.0333. The third-order valence-electron chi connectivity index (χ3n) is 6.22. The molecule has 0 saturated heterocycles. The largest absolute Gasteiger partial charge is 0.382 e. The highest BCUT2D eigenvalue weighted by Gasteiger charge is 2.20. The molecule has 0 aliphatic carbocycles. The normalized spacial score (nSPS) is 11.0. The van der Waals surface area contributed by atoms with Gasteiger partial charge in [0.15, 0.2) is 11.5 Å². The van der Waals surface area contributed by atoms with Crippen LogP contribution in [0, 0.1) is 0 Å². The molecule has 0 unspecified atom stereocenters. The lowest BCUT2D eigenvalue weighted by Crippen LogP contribution is -2.26. The van der Waals surface area contributed by atoms with E-state index in [4.69, 9.17) is 10.7 Å². The first-order chi connectivity index (χ1) is 18.2. The molecule has 0 aliphatic rings. The van der Waals surface area contributed by atoms with Crippen LogP contribution < -0.4 is 11.1 Å². The van der Waals surface area contributed by atoms with Crippen LogP contribution in [-0.4, -0.2) is 25.8 Å². The maximum absolute atomic E-state index is 13.3. The van der Waals surface area contributed by atoms with E-state index in [2.05, 4.69) is 20.3 Å². The molecule has 0 spiro atoms. The lowest BCUT2D eigenvalue weighted by atomic mass is 10.0. The Balaban J connectivity index is 1.40. The molecule has 0 radical (unpaired) electrons. The molecule has 0 atom stereocenters. The minimum Gasteiger partial charge on any atom is -0.382 e. The molecule has 178 valence electrons. The van der Waals surface area contributed by atoms with Crippen LogP contribution in [0.25, 0.3) is 44.3 Å². The molecule has 37 heavy (non-hydrogen) atoms. The van der Waals surface area contributed by atoms with E-state index in [0.29, 0.717) is 11.4 Å². The van der Waals surface area contributed by atoms with Gasteiger partial charge in [0.2, 0.25) is 0 Å². The first kappa shape index (κ1) is 22.3. The second-order valence-corrected chi connectivity index (χ2v) is 8.61. The molecule has 3 heterocycles. The summed E-state index contributed by atoms with van der Waals surface area (Å²) in [6, 6.07) is 29.2. The monoisotopic (exact) mass is 482 g/mol. The topological polar surface area (TPSA) is 107 Å². The van der Waals surface area contributed by atoms with Crippen LogP contribution in [0.1, 0.15) is 16.1 Å². The second kappa shape index (κ2) is 9.47. The number of benzene rings is 3. The van der Waals surface area contributed by atoms with Gasteiger partial charge < -0.3 is 11.1 Å². The highest BCUT2D eigenvalue weighted by atomic mass is 16.1. The van der Waals surface area contributed by atoms with Gasteiger partial charge in [-0.05, 0) is 29.8 Å². The smallest absolute Gasteiger partial charge is 0.274 e. The predicted octanol–water partition coefficient (Wildman–Crippen LogP) is 5.42. The van der Waals surface area contributed by atoms with Crippen molar-refractivity contribution in [1.82, 2.24) is 25.3 Å². The lowest BCUT2D eigenvalue weighted by Gasteiger charge is -2.14. The summed E-state index contributed by atoms with van der Waals surface area (Å²) in [6.45, 7) is 0.283. The molecular weight excluding hydrogens is 460 g/mol. The van der Waals surface area contributed by atoms with Crippen LogP contribution in [0.5, 0.6) is 0 Å². The highest BCUT2D eigenvalue weighted by molar-refractivity contribution is 5.98. The Labute approximate surface area is 213 Å². The molecule has 6 rings (SSSR count). The van der Waals surface area contributed by atoms with Crippen molar-refractivity contribution in [2.75, 3.05) is 5.73 Å². The minimum atomic E-state index is -0.402. The summed E-state index contributed by atoms with van der Waals surface area (Å²) >= 11 is 0. The maximum atomic E-state index is 13.3. The minimum absolute atomic E-state index is 0.0682. The molecule has 1 amide bonds. The van der Waals surface area contributed by atoms with Crippen molar-refractivity contribution in [2.45, 2.75) is 6.54 Å². The van der Waals surface area contributed by atoms with E-state index in [0.717, 1.165) is 38.5 Å². The number of nitrogens with two attached hydrogens (primary N) is 1. The summed E-state index contributed by atoms with van der Waals surface area (Å²) in [5, 5.41) is 4.92. The fourth-order valence-corrected chi connectivity index (χ4v) is 4.41. The van der Waals surface area contributed by atoms with Gasteiger partial charge in [-0.15, -0.1) is 0 Å². The van der Waals surface area contributed by atoms with Gasteiger partial charge in [-0.1, -0.05) is 66.7 Å². The quantitative estimate of drug-likeness (QED) is 0.340. The Morgan fingerprint density at radius 2 is 1.49 bits per heavy atom. The number of carbonyl (C=O) groups excluding carboxylic acids is 1. The number of anilines is 1. The van der Waals surface area contributed by atoms with Crippen molar-refractivity contribution < 1.29 is 4.79 Å². The number of para-hydroxylation sites is 1. The zero-order valence-electron chi connectivity index (χ0n) is 19.8. The molecular formula is C30H22N6O. The van der Waals surface area contributed by atoms with Crippen molar-refractivity contribution in [3.8, 4) is 22.5 Å². The number of fused-ring (bicyclic) bond motifs is 2. The summed E-state index contributed by atoms with van der Waals surface area (Å²) < 4.78 is 0. The number of nitrogens with zero attached hydrogens (tertiary/aromatic N) is 4. The average Bonchev–Trinajstić information content (AvgIpc) is 2.96. The van der Waals surface area contributed by atoms with Crippen molar-refractivity contribution >= 4 is 33.5 Å². The van der Waals surface area contributed by atoms with E-state index in [9.17, 15) is 4.79 Å². The molecule has 0 bridgehead atoms. The van der Waals surface area contributed by atoms with Gasteiger partial charge in [0.05, 0.1) is 22.4 Å². The van der Waals surface area contributed by atoms with E-state index >= 15 is 0 Å². The molecule has 3 aromatic carbocycles. The Morgan fingerprint density at radius 3 is 2.35 bits per heavy atom. The lowest BCUT2D eigenvalue weighted by molar-refractivity contribution is 0.0947. The Hall–Kier alpha value is -5.17. The van der Waals surface area contributed by atoms with Gasteiger partial charge >= 0.3 is 0 Å². The highest BCUT2D eigenvalue weighted by Crippen LogP contribution is 2.32. The number of nitrogens with one attached hydrogen (secondary N) is 1. The molecule has 6 aromatic rings. The number of pyridine rings is 2. The first-order valence-corrected chi connectivity index (χ1v) is 11.9. The summed E-state index contributed by atoms with van der Waals surface area (Å²) in [6.07, 6.45) is 3.50. The van der Waals surface area contributed by atoms with E-state index in [1.54, 1.807) is 12.4 Å². The van der Waals surface area contributed by atoms with Gasteiger partial charge in [-0.25, -0.2) is 9.97 Å². The van der Waals surface area contributed by atoms with Gasteiger partial charge in [-0.2, -0.15) is 0 Å². The third kappa shape index (κ3) is 4.34. The second-order valence-electron chi connectivity index (χ2n) is 8.61. The van der Waals surface area contributed by atoms with E-state index in [1.165, 1.54) is 0 Å². The van der Waals surface area contributed by atoms with Crippen molar-refractivity contribution in [3.63, 3.8) is 0 Å². The maximum Gasteiger partial charge on any atom is 0.274 e. The molecule has 0 fully saturated rings. The molecule has 7 nitrogen and oxygen atoms in total. The van der Waals surface area contributed by atoms with Crippen LogP contribution in [0.2, 0.25) is 0 Å². The number of carbonyl (C=O) groups is 1. The molecule has 0 saturated carbocycles. The summed E-state index contributed by atoms with van der Waals surface area (Å²) in [5.41, 5.74) is 11.9. The van der Waals surface area contributed by atoms with E-state index < -0.39 is 5.91 Å². The molecule has 3 aromatic heterocycles. The van der Waals surface area contributed by atoms with Crippen molar-refractivity contribution in [2.24, 2.45) is 0 Å². The van der Waals surface area contributed by atoms with E-state index in [1.807, 2.05) is 91.0 Å². The first-order valence-electron chi connectivity index (χ1n) is 11.9. The van der Waals surface area contributed by atoms with Gasteiger partial charge in [0.1, 0.15) is 0 Å². The van der Waals surface area contributed by atoms with Crippen LogP contribution in [0.15, 0.2) is 103 Å². The van der Waals surface area contributed by atoms with Crippen LogP contribution in [-0.2, 0) is 6.54 Å². The standard InChI is InChI=1S/C30H22N6O/c31-29-28(30(37)34-18-23-10-4-9-19-11-5-16-33-25(19)23)35-27(26(36-29)20-7-2-1-3-8-20)22-13-14-24-21(17-22)12-6-15-32-24/h1-17H,18H2,(H2,31,36)(H,34,37). The number of nitrogen functional groups attached to an aromatic ring is 1. The van der Waals surface area contributed by atoms with Crippen LogP contribution >= 0.6 is 0 Å². The number of rotatable bonds is 5. The van der Waals surface area contributed by atoms with E-state index in [-0.39, 0.29) is 18.1 Å². The summed E-state index contributed by atoms with van der Waals surface area (Å²) in [5.74, 6) is -0.333.